The predicted octanol–water partition coefficient (Wildman–Crippen LogP) is 2.88. The van der Waals surface area contributed by atoms with Gasteiger partial charge >= 0.3 is 0 Å². The summed E-state index contributed by atoms with van der Waals surface area (Å²) >= 11 is 5.98. The highest BCUT2D eigenvalue weighted by Crippen LogP contribution is 2.17. The lowest BCUT2D eigenvalue weighted by Gasteiger charge is -2.06. The quantitative estimate of drug-likeness (QED) is 0.805. The van der Waals surface area contributed by atoms with Crippen molar-refractivity contribution in [2.45, 2.75) is 19.9 Å². The molecular formula is C16H15ClN4O. The highest BCUT2D eigenvalue weighted by Gasteiger charge is 2.18. The summed E-state index contributed by atoms with van der Waals surface area (Å²) in [6.07, 6.45) is 5.85. The maximum absolute atomic E-state index is 12.5. The van der Waals surface area contributed by atoms with Crippen LogP contribution in [0.5, 0.6) is 0 Å². The lowest BCUT2D eigenvalue weighted by Crippen LogP contribution is -2.25. The van der Waals surface area contributed by atoms with Crippen LogP contribution in [-0.2, 0) is 13.0 Å². The van der Waals surface area contributed by atoms with Crippen molar-refractivity contribution in [3.05, 3.63) is 64.8 Å². The van der Waals surface area contributed by atoms with Crippen LogP contribution in [-0.4, -0.2) is 20.3 Å². The Morgan fingerprint density at radius 2 is 2.09 bits per heavy atom. The van der Waals surface area contributed by atoms with Crippen LogP contribution in [0.4, 0.5) is 0 Å². The third kappa shape index (κ3) is 2.80. The van der Waals surface area contributed by atoms with E-state index in [1.807, 2.05) is 19.1 Å². The molecule has 1 amide bonds. The van der Waals surface area contributed by atoms with E-state index in [1.165, 1.54) is 0 Å². The van der Waals surface area contributed by atoms with Gasteiger partial charge in [0.2, 0.25) is 0 Å². The third-order valence-electron chi connectivity index (χ3n) is 3.41. The standard InChI is InChI=1S/C16H15ClN4O/c1-2-13-15(21-8-5-12(17)9-14(21)20-13)16(22)19-10-11-3-6-18-7-4-11/h3-9H,2,10H2,1H3,(H,19,22). The number of amides is 1. The van der Waals surface area contributed by atoms with Crippen molar-refractivity contribution < 1.29 is 4.79 Å². The van der Waals surface area contributed by atoms with Gasteiger partial charge in [-0.2, -0.15) is 0 Å². The Balaban J connectivity index is 1.89. The zero-order valence-electron chi connectivity index (χ0n) is 12.1. The van der Waals surface area contributed by atoms with Gasteiger partial charge in [0.25, 0.3) is 5.91 Å². The lowest BCUT2D eigenvalue weighted by atomic mass is 10.2. The molecule has 0 saturated carbocycles. The van der Waals surface area contributed by atoms with Crippen LogP contribution in [0.25, 0.3) is 5.65 Å². The van der Waals surface area contributed by atoms with Gasteiger partial charge in [0.05, 0.1) is 5.69 Å². The molecule has 1 N–H and O–H groups in total. The maximum Gasteiger partial charge on any atom is 0.270 e. The zero-order valence-corrected chi connectivity index (χ0v) is 12.8. The first kappa shape index (κ1) is 14.5. The molecule has 5 nitrogen and oxygen atoms in total. The van der Waals surface area contributed by atoms with Crippen molar-refractivity contribution in [3.63, 3.8) is 0 Å². The number of imidazole rings is 1. The van der Waals surface area contributed by atoms with Crippen molar-refractivity contribution in [1.29, 1.82) is 0 Å². The molecule has 0 aliphatic rings. The molecule has 0 atom stereocenters. The number of carbonyl (C=O) groups is 1. The number of aryl methyl sites for hydroxylation is 1. The van der Waals surface area contributed by atoms with Gasteiger partial charge in [-0.3, -0.25) is 14.2 Å². The highest BCUT2D eigenvalue weighted by molar-refractivity contribution is 6.30. The van der Waals surface area contributed by atoms with Crippen molar-refractivity contribution in [3.8, 4) is 0 Å². The largest absolute Gasteiger partial charge is 0.347 e. The van der Waals surface area contributed by atoms with Crippen LogP contribution in [0.3, 0.4) is 0 Å². The van der Waals surface area contributed by atoms with E-state index in [-0.39, 0.29) is 5.91 Å². The number of fused-ring (bicyclic) bond motifs is 1. The second-order valence-electron chi connectivity index (χ2n) is 4.87. The minimum atomic E-state index is -0.150. The second kappa shape index (κ2) is 6.15. The molecule has 3 aromatic rings. The fourth-order valence-corrected chi connectivity index (χ4v) is 2.48. The number of pyridine rings is 2. The normalized spacial score (nSPS) is 10.8. The number of carbonyl (C=O) groups excluding carboxylic acids is 1. The number of nitrogens with one attached hydrogen (secondary N) is 1. The Bertz CT molecular complexity index is 814. The fourth-order valence-electron chi connectivity index (χ4n) is 2.32. The van der Waals surface area contributed by atoms with Crippen LogP contribution in [0.1, 0.15) is 28.7 Å². The number of halogens is 1. The molecule has 0 aliphatic carbocycles. The fraction of sp³-hybridized carbons (Fsp3) is 0.188. The molecule has 0 aromatic carbocycles. The molecule has 3 rings (SSSR count). The van der Waals surface area contributed by atoms with E-state index >= 15 is 0 Å². The van der Waals surface area contributed by atoms with Crippen LogP contribution in [0.15, 0.2) is 42.9 Å². The van der Waals surface area contributed by atoms with Crippen molar-refractivity contribution in [1.82, 2.24) is 19.7 Å². The van der Waals surface area contributed by atoms with E-state index in [9.17, 15) is 4.79 Å². The minimum absolute atomic E-state index is 0.150. The van der Waals surface area contributed by atoms with Gasteiger partial charge in [0.15, 0.2) is 0 Å². The van der Waals surface area contributed by atoms with Crippen LogP contribution in [0, 0.1) is 0 Å². The van der Waals surface area contributed by atoms with Crippen LogP contribution in [0.2, 0.25) is 5.02 Å². The van der Waals surface area contributed by atoms with E-state index in [2.05, 4.69) is 15.3 Å². The van der Waals surface area contributed by atoms with Gasteiger partial charge in [-0.1, -0.05) is 18.5 Å². The molecule has 0 unspecified atom stereocenters. The Kier molecular flexibility index (Phi) is 4.06. The lowest BCUT2D eigenvalue weighted by molar-refractivity contribution is 0.0944. The summed E-state index contributed by atoms with van der Waals surface area (Å²) in [7, 11) is 0. The highest BCUT2D eigenvalue weighted by atomic mass is 35.5. The molecule has 6 heteroatoms. The van der Waals surface area contributed by atoms with E-state index in [4.69, 9.17) is 11.6 Å². The summed E-state index contributed by atoms with van der Waals surface area (Å²) in [4.78, 5) is 21.0. The second-order valence-corrected chi connectivity index (χ2v) is 5.31. The van der Waals surface area contributed by atoms with E-state index < -0.39 is 0 Å². The molecule has 0 spiro atoms. The Morgan fingerprint density at radius 1 is 1.32 bits per heavy atom. The minimum Gasteiger partial charge on any atom is -0.347 e. The Hall–Kier alpha value is -2.40. The average Bonchev–Trinajstić information content (AvgIpc) is 2.91. The molecule has 22 heavy (non-hydrogen) atoms. The summed E-state index contributed by atoms with van der Waals surface area (Å²) < 4.78 is 1.77. The summed E-state index contributed by atoms with van der Waals surface area (Å²) in [5.41, 5.74) is 2.99. The van der Waals surface area contributed by atoms with Crippen molar-refractivity contribution in [2.24, 2.45) is 0 Å². The Morgan fingerprint density at radius 3 is 2.82 bits per heavy atom. The van der Waals surface area contributed by atoms with Crippen LogP contribution >= 0.6 is 11.6 Å². The number of hydrogen-bond donors (Lipinski definition) is 1. The average molecular weight is 315 g/mol. The predicted molar refractivity (Wildman–Crippen MR) is 85.0 cm³/mol. The summed E-state index contributed by atoms with van der Waals surface area (Å²) in [5.74, 6) is -0.150. The number of hydrogen-bond acceptors (Lipinski definition) is 3. The SMILES string of the molecule is CCc1nc2cc(Cl)ccn2c1C(=O)NCc1ccncc1. The van der Waals surface area contributed by atoms with Gasteiger partial charge in [-0.05, 0) is 30.2 Å². The first-order valence-corrected chi connectivity index (χ1v) is 7.40. The molecule has 0 saturated heterocycles. The molecule has 0 radical (unpaired) electrons. The van der Waals surface area contributed by atoms with E-state index in [0.29, 0.717) is 29.3 Å². The van der Waals surface area contributed by atoms with E-state index in [0.717, 1.165) is 11.3 Å². The topological polar surface area (TPSA) is 59.3 Å². The van der Waals surface area contributed by atoms with Gasteiger partial charge < -0.3 is 5.32 Å². The number of aromatic nitrogens is 3. The maximum atomic E-state index is 12.5. The van der Waals surface area contributed by atoms with Gasteiger partial charge in [-0.25, -0.2) is 4.98 Å². The third-order valence-corrected chi connectivity index (χ3v) is 3.65. The van der Waals surface area contributed by atoms with Gasteiger partial charge in [0, 0.05) is 36.2 Å². The zero-order chi connectivity index (χ0) is 15.5. The number of rotatable bonds is 4. The van der Waals surface area contributed by atoms with Crippen LogP contribution < -0.4 is 5.32 Å². The van der Waals surface area contributed by atoms with Gasteiger partial charge in [-0.15, -0.1) is 0 Å². The van der Waals surface area contributed by atoms with Gasteiger partial charge in [0.1, 0.15) is 11.3 Å². The smallest absolute Gasteiger partial charge is 0.270 e. The molecule has 0 aliphatic heterocycles. The molecule has 0 fully saturated rings. The first-order valence-electron chi connectivity index (χ1n) is 7.02. The summed E-state index contributed by atoms with van der Waals surface area (Å²) in [5, 5.41) is 3.52. The molecule has 3 heterocycles. The molecule has 3 aromatic heterocycles. The molecule has 0 bridgehead atoms. The van der Waals surface area contributed by atoms with Crippen molar-refractivity contribution >= 4 is 23.2 Å². The Labute approximate surface area is 133 Å². The number of nitrogens with zero attached hydrogens (tertiary/aromatic N) is 3. The van der Waals surface area contributed by atoms with Crippen molar-refractivity contribution in [2.75, 3.05) is 0 Å². The monoisotopic (exact) mass is 314 g/mol. The first-order chi connectivity index (χ1) is 10.7. The summed E-state index contributed by atoms with van der Waals surface area (Å²) in [6.45, 7) is 2.42. The molecular weight excluding hydrogens is 300 g/mol. The molecule has 112 valence electrons. The summed E-state index contributed by atoms with van der Waals surface area (Å²) in [6, 6.07) is 7.24. The van der Waals surface area contributed by atoms with E-state index in [1.54, 1.807) is 35.1 Å².